The Morgan fingerprint density at radius 1 is 1.41 bits per heavy atom. The van der Waals surface area contributed by atoms with Crippen molar-refractivity contribution >= 4 is 67.6 Å². The zero-order valence-electron chi connectivity index (χ0n) is 17.2. The van der Waals surface area contributed by atoms with Crippen molar-refractivity contribution < 1.29 is 8.68 Å². The first-order valence-electron chi connectivity index (χ1n) is 9.69. The van der Waals surface area contributed by atoms with E-state index >= 15 is 0 Å². The van der Waals surface area contributed by atoms with Gasteiger partial charge in [0, 0.05) is 51.8 Å². The van der Waals surface area contributed by atoms with Crippen molar-refractivity contribution in [1.82, 2.24) is 14.3 Å². The normalized spacial score (nSPS) is 11.9. The summed E-state index contributed by atoms with van der Waals surface area (Å²) in [6.45, 7) is 5.71. The first-order chi connectivity index (χ1) is 15.5. The summed E-state index contributed by atoms with van der Waals surface area (Å²) in [5, 5.41) is 10.7. The van der Waals surface area contributed by atoms with Crippen LogP contribution in [-0.2, 0) is 6.54 Å². The number of allylic oxidation sites excluding steroid dienone is 3. The van der Waals surface area contributed by atoms with Crippen molar-refractivity contribution in [2.75, 3.05) is 16.8 Å². The number of amides is 1. The minimum atomic E-state index is -0.495. The predicted octanol–water partition coefficient (Wildman–Crippen LogP) is 4.91. The fraction of sp³-hybridized carbons (Fsp3) is 0.136. The van der Waals surface area contributed by atoms with E-state index in [2.05, 4.69) is 17.0 Å². The Balaban J connectivity index is 1.83. The number of hydrogen-bond acceptors (Lipinski definition) is 6. The largest absolute Gasteiger partial charge is 0.390 e. The number of halogens is 1. The van der Waals surface area contributed by atoms with Gasteiger partial charge >= 0.3 is 0 Å². The molecule has 0 atom stereocenters. The van der Waals surface area contributed by atoms with E-state index < -0.39 is 11.5 Å². The van der Waals surface area contributed by atoms with Crippen LogP contribution in [0.3, 0.4) is 0 Å². The summed E-state index contributed by atoms with van der Waals surface area (Å²) >= 11 is 1.41. The van der Waals surface area contributed by atoms with E-state index in [1.807, 2.05) is 34.9 Å². The van der Waals surface area contributed by atoms with Crippen molar-refractivity contribution in [2.45, 2.75) is 13.5 Å². The van der Waals surface area contributed by atoms with E-state index in [-0.39, 0.29) is 29.0 Å². The summed E-state index contributed by atoms with van der Waals surface area (Å²) in [6, 6.07) is 9.44. The van der Waals surface area contributed by atoms with Crippen LogP contribution >= 0.6 is 23.5 Å². The molecule has 4 rings (SSSR count). The molecule has 0 aliphatic carbocycles. The fourth-order valence-electron chi connectivity index (χ4n) is 3.58. The molecule has 1 aromatic carbocycles. The van der Waals surface area contributed by atoms with Gasteiger partial charge in [0.2, 0.25) is 0 Å². The molecule has 0 saturated carbocycles. The number of hydrogen-bond donors (Lipinski definition) is 2. The lowest BCUT2D eigenvalue weighted by molar-refractivity contribution is 0.102. The SMILES string of the molecule is C=C/C=C(\C)n1nc(C(=O)Nc2cc3ccccc3n2CCSF)c2csc(N)c2c1=O. The third-order valence-electron chi connectivity index (χ3n) is 5.03. The summed E-state index contributed by atoms with van der Waals surface area (Å²) < 4.78 is 15.8. The van der Waals surface area contributed by atoms with Crippen LogP contribution in [-0.4, -0.2) is 26.0 Å². The standard InChI is InChI=1S/C22H20FN5O2S2/c1-3-6-13(2)28-22(30)18-15(12-31-20(18)24)19(26-28)21(29)25-17-11-14-7-4-5-8-16(14)27(17)9-10-32-23/h3-8,11-12H,1,9-10,24H2,2H3,(H,25,29)/b13-6+. The lowest BCUT2D eigenvalue weighted by Gasteiger charge is -2.12. The van der Waals surface area contributed by atoms with Gasteiger partial charge in [-0.05, 0) is 25.1 Å². The predicted molar refractivity (Wildman–Crippen MR) is 132 cm³/mol. The number of carbonyl (C=O) groups excluding carboxylic acids is 1. The molecule has 0 saturated heterocycles. The molecule has 0 spiro atoms. The average molecular weight is 470 g/mol. The van der Waals surface area contributed by atoms with E-state index in [1.165, 1.54) is 17.4 Å². The molecule has 0 bridgehead atoms. The van der Waals surface area contributed by atoms with E-state index in [0.717, 1.165) is 15.6 Å². The highest BCUT2D eigenvalue weighted by Crippen LogP contribution is 2.29. The van der Waals surface area contributed by atoms with E-state index in [0.29, 0.717) is 28.4 Å². The third kappa shape index (κ3) is 3.82. The minimum absolute atomic E-state index is 0.0704. The topological polar surface area (TPSA) is 94.9 Å². The Labute approximate surface area is 191 Å². The van der Waals surface area contributed by atoms with Crippen LogP contribution in [0.5, 0.6) is 0 Å². The van der Waals surface area contributed by atoms with Gasteiger partial charge in [-0.15, -0.1) is 11.3 Å². The molecule has 3 N–H and O–H groups in total. The number of thiophene rings is 1. The molecule has 0 fully saturated rings. The molecule has 0 aliphatic heterocycles. The van der Waals surface area contributed by atoms with Gasteiger partial charge in [0.25, 0.3) is 11.5 Å². The molecule has 7 nitrogen and oxygen atoms in total. The number of nitrogen functional groups attached to an aromatic ring is 1. The molecule has 0 unspecified atom stereocenters. The monoisotopic (exact) mass is 469 g/mol. The number of para-hydroxylation sites is 1. The Morgan fingerprint density at radius 3 is 2.94 bits per heavy atom. The smallest absolute Gasteiger partial charge is 0.282 e. The number of nitrogens with two attached hydrogens (primary N) is 1. The van der Waals surface area contributed by atoms with Gasteiger partial charge in [0.1, 0.15) is 5.82 Å². The maximum Gasteiger partial charge on any atom is 0.282 e. The summed E-state index contributed by atoms with van der Waals surface area (Å²) in [5.41, 5.74) is 7.08. The highest BCUT2D eigenvalue weighted by molar-refractivity contribution is 7.94. The molecule has 0 aliphatic rings. The van der Waals surface area contributed by atoms with Crippen LogP contribution in [0.25, 0.3) is 27.4 Å². The second kappa shape index (κ2) is 9.01. The van der Waals surface area contributed by atoms with Crippen LogP contribution < -0.4 is 16.6 Å². The van der Waals surface area contributed by atoms with Gasteiger partial charge < -0.3 is 15.6 Å². The number of nitrogens with zero attached hydrogens (tertiary/aromatic N) is 3. The highest BCUT2D eigenvalue weighted by Gasteiger charge is 2.22. The fourth-order valence-corrected chi connectivity index (χ4v) is 4.62. The molecule has 10 heteroatoms. The second-order valence-electron chi connectivity index (χ2n) is 7.01. The number of fused-ring (bicyclic) bond motifs is 2. The van der Waals surface area contributed by atoms with Crippen molar-refractivity contribution in [3.63, 3.8) is 0 Å². The number of aromatic nitrogens is 3. The van der Waals surface area contributed by atoms with Gasteiger partial charge in [-0.2, -0.15) is 8.98 Å². The van der Waals surface area contributed by atoms with E-state index in [4.69, 9.17) is 5.73 Å². The molecule has 0 radical (unpaired) electrons. The summed E-state index contributed by atoms with van der Waals surface area (Å²) in [5.74, 6) is 0.256. The number of benzene rings is 1. The second-order valence-corrected chi connectivity index (χ2v) is 8.54. The number of carbonyl (C=O) groups is 1. The molecule has 32 heavy (non-hydrogen) atoms. The number of nitrogens with one attached hydrogen (secondary N) is 1. The summed E-state index contributed by atoms with van der Waals surface area (Å²) in [4.78, 5) is 26.3. The quantitative estimate of drug-likeness (QED) is 0.375. The lowest BCUT2D eigenvalue weighted by atomic mass is 10.2. The van der Waals surface area contributed by atoms with Crippen LogP contribution in [0.15, 0.2) is 59.2 Å². The Bertz CT molecular complexity index is 1430. The maximum absolute atomic E-state index is 13.3. The third-order valence-corrected chi connectivity index (χ3v) is 6.18. The van der Waals surface area contributed by atoms with Crippen LogP contribution in [0.4, 0.5) is 14.7 Å². The van der Waals surface area contributed by atoms with Crippen molar-refractivity contribution in [2.24, 2.45) is 0 Å². The zero-order valence-corrected chi connectivity index (χ0v) is 18.8. The van der Waals surface area contributed by atoms with Crippen LogP contribution in [0, 0.1) is 0 Å². The molecular weight excluding hydrogens is 449 g/mol. The van der Waals surface area contributed by atoms with Gasteiger partial charge in [-0.1, -0.05) is 30.9 Å². The maximum atomic E-state index is 13.3. The van der Waals surface area contributed by atoms with Crippen molar-refractivity contribution in [3.8, 4) is 0 Å². The lowest BCUT2D eigenvalue weighted by Crippen LogP contribution is -2.27. The Kier molecular flexibility index (Phi) is 6.15. The molecule has 3 aromatic heterocycles. The summed E-state index contributed by atoms with van der Waals surface area (Å²) in [7, 11) is 0. The molecule has 4 aromatic rings. The average Bonchev–Trinajstić information content (AvgIpc) is 3.33. The van der Waals surface area contributed by atoms with Gasteiger partial charge in [0.05, 0.1) is 10.4 Å². The van der Waals surface area contributed by atoms with Gasteiger partial charge in [-0.3, -0.25) is 9.59 Å². The van der Waals surface area contributed by atoms with Crippen LogP contribution in [0.2, 0.25) is 0 Å². The van der Waals surface area contributed by atoms with Crippen LogP contribution in [0.1, 0.15) is 17.4 Å². The van der Waals surface area contributed by atoms with Crippen molar-refractivity contribution in [1.29, 1.82) is 0 Å². The Hall–Kier alpha value is -3.37. The summed E-state index contributed by atoms with van der Waals surface area (Å²) in [6.07, 6.45) is 3.16. The number of aryl methyl sites for hydroxylation is 1. The molecule has 164 valence electrons. The first-order valence-corrected chi connectivity index (χ1v) is 11.5. The molecule has 1 amide bonds. The van der Waals surface area contributed by atoms with Crippen molar-refractivity contribution in [3.05, 3.63) is 70.5 Å². The number of rotatable bonds is 7. The van der Waals surface area contributed by atoms with Gasteiger partial charge in [0.15, 0.2) is 5.69 Å². The Morgan fingerprint density at radius 2 is 2.19 bits per heavy atom. The van der Waals surface area contributed by atoms with Gasteiger partial charge in [-0.25, -0.2) is 4.68 Å². The highest BCUT2D eigenvalue weighted by atomic mass is 32.2. The van der Waals surface area contributed by atoms with E-state index in [9.17, 15) is 13.5 Å². The minimum Gasteiger partial charge on any atom is -0.390 e. The molecule has 3 heterocycles. The first kappa shape index (κ1) is 21.8. The number of anilines is 2. The van der Waals surface area contributed by atoms with E-state index in [1.54, 1.807) is 18.4 Å². The zero-order chi connectivity index (χ0) is 22.8. The molecular formula is C22H20FN5O2S2.